The number of carbonyl (C=O) groups excluding carboxylic acids is 1. The minimum absolute atomic E-state index is 0. The fourth-order valence-electron chi connectivity index (χ4n) is 4.00. The molecular weight excluding hydrogens is 433 g/mol. The van der Waals surface area contributed by atoms with Crippen LogP contribution in [0.3, 0.4) is 0 Å². The van der Waals surface area contributed by atoms with Crippen LogP contribution in [0.4, 0.5) is 0 Å². The van der Waals surface area contributed by atoms with Crippen LogP contribution in [0.5, 0.6) is 0 Å². The molecular formula is C23H30INO. The van der Waals surface area contributed by atoms with E-state index in [9.17, 15) is 4.79 Å². The van der Waals surface area contributed by atoms with E-state index < -0.39 is 0 Å². The molecule has 1 aromatic carbocycles. The summed E-state index contributed by atoms with van der Waals surface area (Å²) in [6.07, 6.45) is 7.16. The zero-order valence-corrected chi connectivity index (χ0v) is 18.8. The molecule has 1 aromatic heterocycles. The van der Waals surface area contributed by atoms with E-state index in [1.165, 1.54) is 29.5 Å². The number of aromatic nitrogens is 1. The van der Waals surface area contributed by atoms with Crippen LogP contribution in [0.2, 0.25) is 0 Å². The SMILES string of the molecule is CCc1cc2c(cc1C(=O)C[n+]1ccccc1)C(C)(C)CCC2(C)C.[I-]. The monoisotopic (exact) mass is 463 g/mol. The lowest BCUT2D eigenvalue weighted by atomic mass is 9.62. The largest absolute Gasteiger partial charge is 1.00 e. The number of carbonyl (C=O) groups is 1. The van der Waals surface area contributed by atoms with Crippen molar-refractivity contribution in [3.05, 3.63) is 65.0 Å². The van der Waals surface area contributed by atoms with Gasteiger partial charge >= 0.3 is 0 Å². The van der Waals surface area contributed by atoms with E-state index in [1.54, 1.807) is 0 Å². The number of nitrogens with zero attached hydrogens (tertiary/aromatic N) is 1. The topological polar surface area (TPSA) is 20.9 Å². The summed E-state index contributed by atoms with van der Waals surface area (Å²) in [7, 11) is 0. The highest BCUT2D eigenvalue weighted by Crippen LogP contribution is 2.46. The van der Waals surface area contributed by atoms with Gasteiger partial charge in [-0.15, -0.1) is 0 Å². The van der Waals surface area contributed by atoms with E-state index in [0.717, 1.165) is 12.0 Å². The second-order valence-corrected chi connectivity index (χ2v) is 8.65. The number of Topliss-reactive ketones (excluding diaryl/α,β-unsaturated/α-hetero) is 1. The Bertz CT molecular complexity index is 793. The summed E-state index contributed by atoms with van der Waals surface area (Å²) in [5.41, 5.74) is 5.21. The molecule has 26 heavy (non-hydrogen) atoms. The molecule has 140 valence electrons. The van der Waals surface area contributed by atoms with E-state index in [1.807, 2.05) is 35.2 Å². The number of ketones is 1. The summed E-state index contributed by atoms with van der Waals surface area (Å²) >= 11 is 0. The second-order valence-electron chi connectivity index (χ2n) is 8.65. The summed E-state index contributed by atoms with van der Waals surface area (Å²) in [6.45, 7) is 11.8. The van der Waals surface area contributed by atoms with E-state index >= 15 is 0 Å². The minimum atomic E-state index is 0. The third-order valence-corrected chi connectivity index (χ3v) is 5.86. The van der Waals surface area contributed by atoms with E-state index in [2.05, 4.69) is 46.8 Å². The second kappa shape index (κ2) is 7.79. The van der Waals surface area contributed by atoms with Crippen LogP contribution in [-0.2, 0) is 23.8 Å². The average Bonchev–Trinajstić information content (AvgIpc) is 2.59. The Morgan fingerprint density at radius 3 is 2.04 bits per heavy atom. The Kier molecular flexibility index (Phi) is 6.32. The van der Waals surface area contributed by atoms with Gasteiger partial charge in [0.25, 0.3) is 0 Å². The highest BCUT2D eigenvalue weighted by Gasteiger charge is 2.38. The Hall–Kier alpha value is -1.23. The first kappa shape index (κ1) is 21.1. The molecule has 0 amide bonds. The van der Waals surface area contributed by atoms with E-state index in [-0.39, 0.29) is 40.6 Å². The van der Waals surface area contributed by atoms with Gasteiger partial charge in [0.2, 0.25) is 12.3 Å². The summed E-state index contributed by atoms with van der Waals surface area (Å²) < 4.78 is 1.95. The van der Waals surface area contributed by atoms with Gasteiger partial charge in [-0.3, -0.25) is 4.79 Å². The van der Waals surface area contributed by atoms with Crippen molar-refractivity contribution in [2.24, 2.45) is 0 Å². The van der Waals surface area contributed by atoms with Crippen LogP contribution in [0.25, 0.3) is 0 Å². The molecule has 0 aliphatic heterocycles. The fraction of sp³-hybridized carbons (Fsp3) is 0.478. The first-order valence-electron chi connectivity index (χ1n) is 9.40. The molecule has 0 fully saturated rings. The number of hydrogen-bond donors (Lipinski definition) is 0. The zero-order chi connectivity index (χ0) is 18.2. The molecule has 0 unspecified atom stereocenters. The van der Waals surface area contributed by atoms with E-state index in [4.69, 9.17) is 0 Å². The van der Waals surface area contributed by atoms with Gasteiger partial charge < -0.3 is 24.0 Å². The number of rotatable bonds is 4. The van der Waals surface area contributed by atoms with Crippen LogP contribution in [-0.4, -0.2) is 5.78 Å². The van der Waals surface area contributed by atoms with Crippen LogP contribution >= 0.6 is 0 Å². The first-order valence-corrected chi connectivity index (χ1v) is 9.40. The predicted octanol–water partition coefficient (Wildman–Crippen LogP) is 1.77. The van der Waals surface area contributed by atoms with Gasteiger partial charge in [-0.05, 0) is 52.8 Å². The van der Waals surface area contributed by atoms with Gasteiger partial charge in [-0.25, -0.2) is 0 Å². The van der Waals surface area contributed by atoms with Crippen LogP contribution < -0.4 is 28.5 Å². The van der Waals surface area contributed by atoms with Crippen LogP contribution in [0.15, 0.2) is 42.7 Å². The van der Waals surface area contributed by atoms with Gasteiger partial charge in [-0.1, -0.05) is 46.8 Å². The Morgan fingerprint density at radius 2 is 1.50 bits per heavy atom. The molecule has 0 spiro atoms. The number of fused-ring (bicyclic) bond motifs is 1. The molecule has 1 heterocycles. The lowest BCUT2D eigenvalue weighted by Crippen LogP contribution is -3.00. The molecule has 2 aromatic rings. The molecule has 0 saturated carbocycles. The number of hydrogen-bond acceptors (Lipinski definition) is 1. The molecule has 2 nitrogen and oxygen atoms in total. The smallest absolute Gasteiger partial charge is 0.227 e. The van der Waals surface area contributed by atoms with Crippen molar-refractivity contribution in [3.8, 4) is 0 Å². The van der Waals surface area contributed by atoms with Crippen LogP contribution in [0, 0.1) is 0 Å². The number of pyridine rings is 1. The lowest BCUT2D eigenvalue weighted by Gasteiger charge is -2.42. The quantitative estimate of drug-likeness (QED) is 0.385. The Labute approximate surface area is 175 Å². The molecule has 3 rings (SSSR count). The standard InChI is InChI=1S/C23H30NO.HI/c1-6-17-14-19-20(23(4,5)11-10-22(19,2)3)15-18(17)21(25)16-24-12-8-7-9-13-24;/h7-9,12-15H,6,10-11,16H2,1-5H3;1H/q+1;/p-1. The normalized spacial score (nSPS) is 17.1. The Morgan fingerprint density at radius 1 is 0.962 bits per heavy atom. The fourth-order valence-corrected chi connectivity index (χ4v) is 4.00. The number of benzene rings is 1. The van der Waals surface area contributed by atoms with Crippen molar-refractivity contribution in [1.29, 1.82) is 0 Å². The van der Waals surface area contributed by atoms with Crippen molar-refractivity contribution in [1.82, 2.24) is 0 Å². The maximum atomic E-state index is 13.0. The third kappa shape index (κ3) is 4.03. The first-order chi connectivity index (χ1) is 11.7. The maximum absolute atomic E-state index is 13.0. The van der Waals surface area contributed by atoms with Crippen molar-refractivity contribution in [2.75, 3.05) is 0 Å². The summed E-state index contributed by atoms with van der Waals surface area (Å²) in [5.74, 6) is 0.204. The molecule has 0 atom stereocenters. The summed E-state index contributed by atoms with van der Waals surface area (Å²) in [4.78, 5) is 13.0. The van der Waals surface area contributed by atoms with Crippen molar-refractivity contribution in [3.63, 3.8) is 0 Å². The molecule has 1 aliphatic rings. The lowest BCUT2D eigenvalue weighted by molar-refractivity contribution is -0.683. The average molecular weight is 463 g/mol. The van der Waals surface area contributed by atoms with E-state index in [0.29, 0.717) is 6.54 Å². The highest BCUT2D eigenvalue weighted by atomic mass is 127. The van der Waals surface area contributed by atoms with Gasteiger partial charge in [-0.2, -0.15) is 4.57 Å². The van der Waals surface area contributed by atoms with Gasteiger partial charge in [0.05, 0.1) is 0 Å². The number of halogens is 1. The van der Waals surface area contributed by atoms with Gasteiger partial charge in [0.1, 0.15) is 0 Å². The molecule has 3 heteroatoms. The molecule has 0 N–H and O–H groups in total. The molecule has 0 saturated heterocycles. The van der Waals surface area contributed by atoms with Crippen molar-refractivity contribution >= 4 is 5.78 Å². The highest BCUT2D eigenvalue weighted by molar-refractivity contribution is 5.97. The molecule has 1 aliphatic carbocycles. The van der Waals surface area contributed by atoms with Crippen LogP contribution in [0.1, 0.15) is 74.5 Å². The summed E-state index contributed by atoms with van der Waals surface area (Å²) in [5, 5.41) is 0. The number of aryl methyl sites for hydroxylation is 1. The summed E-state index contributed by atoms with van der Waals surface area (Å²) in [6, 6.07) is 10.4. The van der Waals surface area contributed by atoms with Crippen molar-refractivity contribution < 1.29 is 33.3 Å². The minimum Gasteiger partial charge on any atom is -1.00 e. The van der Waals surface area contributed by atoms with Crippen molar-refractivity contribution in [2.45, 2.75) is 71.3 Å². The van der Waals surface area contributed by atoms with Gasteiger partial charge in [0.15, 0.2) is 12.4 Å². The zero-order valence-electron chi connectivity index (χ0n) is 16.6. The molecule has 0 radical (unpaired) electrons. The predicted molar refractivity (Wildman–Crippen MR) is 102 cm³/mol. The maximum Gasteiger partial charge on any atom is 0.227 e. The molecule has 0 bridgehead atoms. The van der Waals surface area contributed by atoms with Gasteiger partial charge in [0, 0.05) is 17.7 Å². The third-order valence-electron chi connectivity index (χ3n) is 5.86. The Balaban J connectivity index is 0.00000243.